The molecule has 35 valence electrons. The van der Waals surface area contributed by atoms with Crippen LogP contribution in [-0.2, 0) is 15.5 Å². The predicted molar refractivity (Wildman–Crippen MR) is 21.8 cm³/mol. The maximum atomic E-state index is 4.53. The first-order valence-electron chi connectivity index (χ1n) is 1.88. The number of allylic oxidation sites excluding steroid dienone is 4. The van der Waals surface area contributed by atoms with Gasteiger partial charge in [0.05, 0.1) is 0 Å². The van der Waals surface area contributed by atoms with Gasteiger partial charge in [-0.2, -0.15) is 0 Å². The second-order valence-electron chi connectivity index (χ2n) is 1.21. The van der Waals surface area contributed by atoms with E-state index in [1.54, 1.807) is 0 Å². The second-order valence-corrected chi connectivity index (χ2v) is 1.84. The van der Waals surface area contributed by atoms with Crippen LogP contribution in [0.3, 0.4) is 0 Å². The van der Waals surface area contributed by atoms with E-state index in [-0.39, 0.29) is 0 Å². The molecule has 1 aliphatic carbocycles. The van der Waals surface area contributed by atoms with Gasteiger partial charge in [-0.05, 0) is 0 Å². The molecule has 0 fully saturated rings. The fourth-order valence-corrected chi connectivity index (χ4v) is 0.619. The van der Waals surface area contributed by atoms with Gasteiger partial charge in [0.2, 0.25) is 0 Å². The van der Waals surface area contributed by atoms with Gasteiger partial charge in [-0.3, -0.25) is 0 Å². The molecule has 1 aliphatic rings. The summed E-state index contributed by atoms with van der Waals surface area (Å²) in [4.78, 5) is 0. The zero-order valence-corrected chi connectivity index (χ0v) is 4.24. The van der Waals surface area contributed by atoms with Crippen LogP contribution in [0.2, 0.25) is 0 Å². The van der Waals surface area contributed by atoms with Gasteiger partial charge in [-0.25, -0.2) is 0 Å². The van der Waals surface area contributed by atoms with Gasteiger partial charge in [0.1, 0.15) is 0 Å². The molecule has 1 rings (SSSR count). The standard InChI is InChI=1S/C5H5.Ni/c1-2-4-5-3-1;/h1-3H,4H2;. The van der Waals surface area contributed by atoms with Crippen LogP contribution >= 0.6 is 0 Å². The van der Waals surface area contributed by atoms with Crippen molar-refractivity contribution in [3.63, 3.8) is 0 Å². The van der Waals surface area contributed by atoms with Crippen LogP contribution in [0, 0.1) is 0 Å². The first-order valence-corrected chi connectivity index (χ1v) is 2.37. The number of hydrogen-bond acceptors (Lipinski definition) is 0. The molecule has 0 N–H and O–H groups in total. The summed E-state index contributed by atoms with van der Waals surface area (Å²) in [5.74, 6) is 0. The Morgan fingerprint density at radius 1 is 1.67 bits per heavy atom. The Morgan fingerprint density at radius 2 is 2.50 bits per heavy atom. The van der Waals surface area contributed by atoms with Gasteiger partial charge < -0.3 is 0 Å². The van der Waals surface area contributed by atoms with Crippen LogP contribution in [0.4, 0.5) is 0 Å². The van der Waals surface area contributed by atoms with Crippen molar-refractivity contribution in [1.29, 1.82) is 0 Å². The van der Waals surface area contributed by atoms with Crippen LogP contribution < -0.4 is 0 Å². The van der Waals surface area contributed by atoms with Crippen LogP contribution in [0.1, 0.15) is 6.42 Å². The molecule has 1 heteroatoms. The molecule has 0 unspecified atom stereocenters. The fourth-order valence-electron chi connectivity index (χ4n) is 0.408. The van der Waals surface area contributed by atoms with Crippen LogP contribution in [0.5, 0.6) is 0 Å². The second kappa shape index (κ2) is 1.61. The molecule has 0 saturated carbocycles. The van der Waals surface area contributed by atoms with Gasteiger partial charge in [0, 0.05) is 0 Å². The Bertz CT molecular complexity index is 101. The van der Waals surface area contributed by atoms with Crippen molar-refractivity contribution in [1.82, 2.24) is 0 Å². The van der Waals surface area contributed by atoms with E-state index in [0.29, 0.717) is 0 Å². The Labute approximate surface area is 45.3 Å². The average Bonchev–Trinajstić information content (AvgIpc) is 1.86. The zero-order chi connectivity index (χ0) is 4.41. The third kappa shape index (κ3) is 0.722. The normalized spacial score (nSPS) is 18.7. The molecular formula is C5H5Ni. The van der Waals surface area contributed by atoms with Crippen LogP contribution in [0.15, 0.2) is 22.8 Å². The molecule has 0 heterocycles. The van der Waals surface area contributed by atoms with Crippen molar-refractivity contribution in [3.8, 4) is 0 Å². The molecule has 0 nitrogen and oxygen atoms in total. The van der Waals surface area contributed by atoms with Crippen molar-refractivity contribution in [2.75, 3.05) is 0 Å². The summed E-state index contributed by atoms with van der Waals surface area (Å²) < 4.78 is 1.09. The first-order chi connectivity index (χ1) is 2.89. The summed E-state index contributed by atoms with van der Waals surface area (Å²) in [6.07, 6.45) is 7.04. The Morgan fingerprint density at radius 3 is 2.67 bits per heavy atom. The van der Waals surface area contributed by atoms with Gasteiger partial charge in [0.15, 0.2) is 0 Å². The van der Waals surface area contributed by atoms with E-state index >= 15 is 0 Å². The number of hydrogen-bond donors (Lipinski definition) is 0. The van der Waals surface area contributed by atoms with Gasteiger partial charge in [-0.15, -0.1) is 0 Å². The monoisotopic (exact) mass is 123 g/mol. The number of rotatable bonds is 0. The van der Waals surface area contributed by atoms with E-state index in [9.17, 15) is 0 Å². The van der Waals surface area contributed by atoms with Crippen molar-refractivity contribution >= 4 is 0 Å². The SMILES string of the molecule is [Ni][C]1=CC=CC1. The summed E-state index contributed by atoms with van der Waals surface area (Å²) in [5, 5.41) is 0. The summed E-state index contributed by atoms with van der Waals surface area (Å²) in [6.45, 7) is 0. The molecular weight excluding hydrogens is 119 g/mol. The Balaban J connectivity index is 2.61. The Kier molecular flexibility index (Phi) is 1.11. The molecule has 0 aromatic carbocycles. The average molecular weight is 124 g/mol. The third-order valence-corrected chi connectivity index (χ3v) is 1.07. The molecule has 0 atom stereocenters. The van der Waals surface area contributed by atoms with E-state index in [2.05, 4.69) is 21.5 Å². The predicted octanol–water partition coefficient (Wildman–Crippen LogP) is 1.38. The summed E-state index contributed by atoms with van der Waals surface area (Å²) in [5.41, 5.74) is 0. The molecule has 0 aliphatic heterocycles. The van der Waals surface area contributed by atoms with Crippen molar-refractivity contribution < 1.29 is 15.5 Å². The molecule has 0 amide bonds. The third-order valence-electron chi connectivity index (χ3n) is 0.703. The van der Waals surface area contributed by atoms with Crippen molar-refractivity contribution in [3.05, 3.63) is 22.8 Å². The van der Waals surface area contributed by atoms with E-state index in [1.165, 1.54) is 0 Å². The summed E-state index contributed by atoms with van der Waals surface area (Å²) >= 11 is 4.53. The molecule has 0 aromatic rings. The quantitative estimate of drug-likeness (QED) is 0.427. The van der Waals surface area contributed by atoms with Gasteiger partial charge >= 0.3 is 44.7 Å². The van der Waals surface area contributed by atoms with Crippen molar-refractivity contribution in [2.45, 2.75) is 6.42 Å². The van der Waals surface area contributed by atoms with E-state index in [0.717, 1.165) is 11.0 Å². The van der Waals surface area contributed by atoms with E-state index in [4.69, 9.17) is 0 Å². The molecule has 6 heavy (non-hydrogen) atoms. The van der Waals surface area contributed by atoms with Crippen LogP contribution in [0.25, 0.3) is 0 Å². The Hall–Kier alpha value is -0.0265. The topological polar surface area (TPSA) is 0 Å². The van der Waals surface area contributed by atoms with E-state index in [1.807, 2.05) is 12.2 Å². The minimum absolute atomic E-state index is 1.00. The zero-order valence-electron chi connectivity index (χ0n) is 3.26. The van der Waals surface area contributed by atoms with E-state index < -0.39 is 0 Å². The molecule has 0 spiro atoms. The molecule has 0 saturated heterocycles. The summed E-state index contributed by atoms with van der Waals surface area (Å²) in [7, 11) is 0. The fraction of sp³-hybridized carbons (Fsp3) is 0.200. The molecule has 0 radical (unpaired) electrons. The molecule has 0 aromatic heterocycles. The van der Waals surface area contributed by atoms with Gasteiger partial charge in [0.25, 0.3) is 0 Å². The maximum absolute atomic E-state index is 4.53. The summed E-state index contributed by atoms with van der Waals surface area (Å²) in [6, 6.07) is 0. The van der Waals surface area contributed by atoms with Crippen molar-refractivity contribution in [2.24, 2.45) is 0 Å². The van der Waals surface area contributed by atoms with Gasteiger partial charge in [-0.1, -0.05) is 0 Å². The van der Waals surface area contributed by atoms with Crippen LogP contribution in [-0.4, -0.2) is 0 Å². The first kappa shape index (κ1) is 4.14. The molecule has 0 bridgehead atoms. The minimum atomic E-state index is 1.00.